The first-order chi connectivity index (χ1) is 9.37. The van der Waals surface area contributed by atoms with Gasteiger partial charge in [0.2, 0.25) is 0 Å². The molecule has 0 aliphatic carbocycles. The van der Waals surface area contributed by atoms with E-state index in [4.69, 9.17) is 5.11 Å². The Hall–Kier alpha value is -2.08. The van der Waals surface area contributed by atoms with Gasteiger partial charge in [-0.25, -0.2) is 9.59 Å². The van der Waals surface area contributed by atoms with Gasteiger partial charge < -0.3 is 15.3 Å². The second-order valence-corrected chi connectivity index (χ2v) is 5.21. The average Bonchev–Trinajstić information content (AvgIpc) is 2.66. The molecule has 1 heterocycles. The molecule has 108 valence electrons. The molecule has 1 amide bonds. The monoisotopic (exact) mass is 279 g/mol. The van der Waals surface area contributed by atoms with E-state index in [1.807, 2.05) is 30.3 Å². The maximum absolute atomic E-state index is 11.6. The van der Waals surface area contributed by atoms with Gasteiger partial charge in [-0.1, -0.05) is 30.3 Å². The smallest absolute Gasteiger partial charge is 0.408 e. The number of β-amino-alcohol motifs (C(OH)–C–C–N with tert-alkyl or cyclic N) is 1. The van der Waals surface area contributed by atoms with Crippen LogP contribution in [0.25, 0.3) is 0 Å². The molecule has 0 aromatic heterocycles. The number of rotatable bonds is 3. The van der Waals surface area contributed by atoms with Crippen LogP contribution in [-0.4, -0.2) is 50.5 Å². The summed E-state index contributed by atoms with van der Waals surface area (Å²) < 4.78 is 0. The van der Waals surface area contributed by atoms with Crippen molar-refractivity contribution in [1.82, 2.24) is 4.90 Å². The van der Waals surface area contributed by atoms with Crippen molar-refractivity contribution in [3.63, 3.8) is 0 Å². The van der Waals surface area contributed by atoms with Crippen LogP contribution in [0.15, 0.2) is 30.3 Å². The Morgan fingerprint density at radius 1 is 1.30 bits per heavy atom. The van der Waals surface area contributed by atoms with Crippen molar-refractivity contribution in [2.45, 2.75) is 25.0 Å². The number of carboxylic acid groups (broad SMARTS) is 2. The fourth-order valence-corrected chi connectivity index (χ4v) is 2.83. The summed E-state index contributed by atoms with van der Waals surface area (Å²) in [5.41, 5.74) is -0.752. The third-order valence-corrected chi connectivity index (χ3v) is 4.08. The summed E-state index contributed by atoms with van der Waals surface area (Å²) in [7, 11) is 0. The third kappa shape index (κ3) is 2.22. The molecule has 3 atom stereocenters. The van der Waals surface area contributed by atoms with E-state index in [-0.39, 0.29) is 6.54 Å². The second kappa shape index (κ2) is 5.13. The molecule has 1 aromatic carbocycles. The Morgan fingerprint density at radius 2 is 1.90 bits per heavy atom. The number of benzene rings is 1. The number of aliphatic carboxylic acids is 1. The Kier molecular flexibility index (Phi) is 3.67. The van der Waals surface area contributed by atoms with E-state index < -0.39 is 29.6 Å². The van der Waals surface area contributed by atoms with E-state index >= 15 is 0 Å². The van der Waals surface area contributed by atoms with Crippen molar-refractivity contribution in [2.75, 3.05) is 6.54 Å². The summed E-state index contributed by atoms with van der Waals surface area (Å²) >= 11 is 0. The maximum atomic E-state index is 11.6. The predicted molar refractivity (Wildman–Crippen MR) is 70.4 cm³/mol. The molecule has 0 radical (unpaired) electrons. The molecule has 0 saturated carbocycles. The zero-order valence-electron chi connectivity index (χ0n) is 11.1. The largest absolute Gasteiger partial charge is 0.479 e. The molecule has 0 spiro atoms. The van der Waals surface area contributed by atoms with Crippen LogP contribution >= 0.6 is 0 Å². The molecular weight excluding hydrogens is 262 g/mol. The average molecular weight is 279 g/mol. The number of hydrogen-bond acceptors (Lipinski definition) is 3. The van der Waals surface area contributed by atoms with Crippen molar-refractivity contribution in [3.8, 4) is 0 Å². The highest BCUT2D eigenvalue weighted by Crippen LogP contribution is 2.37. The van der Waals surface area contributed by atoms with Gasteiger partial charge in [-0.05, 0) is 18.9 Å². The van der Waals surface area contributed by atoms with Gasteiger partial charge in [-0.3, -0.25) is 4.90 Å². The number of likely N-dealkylation sites (tertiary alicyclic amines) is 1. The van der Waals surface area contributed by atoms with Crippen LogP contribution in [0.2, 0.25) is 0 Å². The standard InChI is InChI=1S/C14H17NO5/c1-14(12(17)18)10(7-9-5-3-2-4-6-9)11(16)8-15(14)13(19)20/h2-6,10-11,16H,7-8H2,1H3,(H,17,18)(H,19,20)/t10?,11-,14-/m0/s1. The highest BCUT2D eigenvalue weighted by molar-refractivity contribution is 5.85. The fraction of sp³-hybridized carbons (Fsp3) is 0.429. The number of amides is 1. The number of aliphatic hydroxyl groups excluding tert-OH is 1. The van der Waals surface area contributed by atoms with E-state index in [0.29, 0.717) is 6.42 Å². The lowest BCUT2D eigenvalue weighted by atomic mass is 9.81. The Balaban J connectivity index is 2.34. The normalized spacial score (nSPS) is 29.4. The van der Waals surface area contributed by atoms with Crippen LogP contribution in [0.3, 0.4) is 0 Å². The van der Waals surface area contributed by atoms with Crippen molar-refractivity contribution in [1.29, 1.82) is 0 Å². The van der Waals surface area contributed by atoms with Crippen molar-refractivity contribution in [2.24, 2.45) is 5.92 Å². The van der Waals surface area contributed by atoms with Crippen LogP contribution in [-0.2, 0) is 11.2 Å². The number of carbonyl (C=O) groups is 2. The molecule has 6 heteroatoms. The maximum Gasteiger partial charge on any atom is 0.408 e. The molecule has 1 aliphatic rings. The van der Waals surface area contributed by atoms with Crippen molar-refractivity contribution >= 4 is 12.1 Å². The SMILES string of the molecule is C[C@@]1(C(=O)O)C(Cc2ccccc2)[C@@H](O)CN1C(=O)O. The summed E-state index contributed by atoms with van der Waals surface area (Å²) in [5, 5.41) is 28.7. The fourth-order valence-electron chi connectivity index (χ4n) is 2.83. The Labute approximate surface area is 116 Å². The summed E-state index contributed by atoms with van der Waals surface area (Å²) in [6, 6.07) is 9.15. The molecule has 1 saturated heterocycles. The molecular formula is C14H17NO5. The zero-order valence-corrected chi connectivity index (χ0v) is 11.1. The highest BCUT2D eigenvalue weighted by atomic mass is 16.4. The second-order valence-electron chi connectivity index (χ2n) is 5.21. The van der Waals surface area contributed by atoms with E-state index in [1.54, 1.807) is 0 Å². The quantitative estimate of drug-likeness (QED) is 0.768. The predicted octanol–water partition coefficient (Wildman–Crippen LogP) is 1.04. The lowest BCUT2D eigenvalue weighted by molar-refractivity contribution is -0.150. The zero-order chi connectivity index (χ0) is 14.9. The lowest BCUT2D eigenvalue weighted by Crippen LogP contribution is -2.54. The molecule has 0 bridgehead atoms. The van der Waals surface area contributed by atoms with Gasteiger partial charge in [-0.2, -0.15) is 0 Å². The van der Waals surface area contributed by atoms with Crippen LogP contribution in [0.5, 0.6) is 0 Å². The van der Waals surface area contributed by atoms with Gasteiger partial charge in [-0.15, -0.1) is 0 Å². The summed E-state index contributed by atoms with van der Waals surface area (Å²) in [6.45, 7) is 1.17. The van der Waals surface area contributed by atoms with Crippen LogP contribution < -0.4 is 0 Å². The Morgan fingerprint density at radius 3 is 2.40 bits per heavy atom. The van der Waals surface area contributed by atoms with E-state index in [0.717, 1.165) is 10.5 Å². The first-order valence-corrected chi connectivity index (χ1v) is 6.33. The number of carboxylic acids is 1. The minimum atomic E-state index is -1.62. The molecule has 1 fully saturated rings. The summed E-state index contributed by atoms with van der Waals surface area (Å²) in [4.78, 5) is 23.6. The van der Waals surface area contributed by atoms with Crippen LogP contribution in [0.4, 0.5) is 4.79 Å². The topological polar surface area (TPSA) is 98.1 Å². The first-order valence-electron chi connectivity index (χ1n) is 6.33. The third-order valence-electron chi connectivity index (χ3n) is 4.08. The first kappa shape index (κ1) is 14.3. The molecule has 6 nitrogen and oxygen atoms in total. The lowest BCUT2D eigenvalue weighted by Gasteiger charge is -2.33. The van der Waals surface area contributed by atoms with Crippen molar-refractivity contribution < 1.29 is 24.9 Å². The van der Waals surface area contributed by atoms with Gasteiger partial charge >= 0.3 is 12.1 Å². The van der Waals surface area contributed by atoms with Gasteiger partial charge in [0.15, 0.2) is 0 Å². The minimum absolute atomic E-state index is 0.185. The van der Waals surface area contributed by atoms with E-state index in [1.165, 1.54) is 6.92 Å². The Bertz CT molecular complexity index is 518. The number of nitrogens with zero attached hydrogens (tertiary/aromatic N) is 1. The number of hydrogen-bond donors (Lipinski definition) is 3. The number of aliphatic hydroxyl groups is 1. The van der Waals surface area contributed by atoms with Crippen molar-refractivity contribution in [3.05, 3.63) is 35.9 Å². The minimum Gasteiger partial charge on any atom is -0.479 e. The van der Waals surface area contributed by atoms with Gasteiger partial charge in [0, 0.05) is 5.92 Å². The van der Waals surface area contributed by atoms with Gasteiger partial charge in [0.1, 0.15) is 5.54 Å². The molecule has 2 rings (SSSR count). The van der Waals surface area contributed by atoms with Gasteiger partial charge in [0.05, 0.1) is 12.6 Å². The van der Waals surface area contributed by atoms with E-state index in [9.17, 15) is 19.8 Å². The van der Waals surface area contributed by atoms with Crippen LogP contribution in [0, 0.1) is 5.92 Å². The molecule has 1 unspecified atom stereocenters. The summed E-state index contributed by atoms with van der Waals surface area (Å²) in [6.07, 6.45) is -2.01. The molecule has 1 aromatic rings. The highest BCUT2D eigenvalue weighted by Gasteiger charge is 2.57. The van der Waals surface area contributed by atoms with Gasteiger partial charge in [0.25, 0.3) is 0 Å². The molecule has 3 N–H and O–H groups in total. The summed E-state index contributed by atoms with van der Waals surface area (Å²) in [5.74, 6) is -1.92. The van der Waals surface area contributed by atoms with E-state index in [2.05, 4.69) is 0 Å². The van der Waals surface area contributed by atoms with Crippen LogP contribution in [0.1, 0.15) is 12.5 Å². The molecule has 1 aliphatic heterocycles. The molecule has 20 heavy (non-hydrogen) atoms.